The van der Waals surface area contributed by atoms with Gasteiger partial charge >= 0.3 is 0 Å². The Morgan fingerprint density at radius 3 is 2.72 bits per heavy atom. The maximum atomic E-state index is 12.8. The molecule has 1 aliphatic rings. The lowest BCUT2D eigenvalue weighted by molar-refractivity contribution is -0.123. The number of nitrogens with zero attached hydrogens (tertiary/aromatic N) is 2. The van der Waals surface area contributed by atoms with Crippen LogP contribution in [0.2, 0.25) is 0 Å². The van der Waals surface area contributed by atoms with Gasteiger partial charge in [-0.1, -0.05) is 42.5 Å². The van der Waals surface area contributed by atoms with Crippen molar-refractivity contribution in [3.05, 3.63) is 83.4 Å². The number of hydrogen-bond donors (Lipinski definition) is 2. The molecule has 0 aliphatic carbocycles. The summed E-state index contributed by atoms with van der Waals surface area (Å²) in [6.07, 6.45) is 2.59. The van der Waals surface area contributed by atoms with Crippen LogP contribution in [-0.2, 0) is 11.2 Å². The highest BCUT2D eigenvalue weighted by atomic mass is 16.5. The highest BCUT2D eigenvalue weighted by Crippen LogP contribution is 2.33. The lowest BCUT2D eigenvalue weighted by atomic mass is 9.95. The molecule has 2 aromatic carbocycles. The van der Waals surface area contributed by atoms with Gasteiger partial charge in [0, 0.05) is 18.7 Å². The maximum Gasteiger partial charge on any atom is 0.234 e. The number of aromatic nitrogens is 2. The Bertz CT molecular complexity index is 953. The minimum atomic E-state index is -0.0614. The van der Waals surface area contributed by atoms with Crippen LogP contribution in [0, 0.1) is 0 Å². The number of hydrogen-bond acceptors (Lipinski definition) is 4. The van der Waals surface area contributed by atoms with Crippen molar-refractivity contribution in [3.63, 3.8) is 0 Å². The summed E-state index contributed by atoms with van der Waals surface area (Å²) in [4.78, 5) is 22.8. The number of H-pyrrole nitrogens is 1. The highest BCUT2D eigenvalue weighted by Gasteiger charge is 2.32. The number of rotatable bonds is 6. The molecule has 3 aromatic rings. The van der Waals surface area contributed by atoms with Crippen LogP contribution in [0.5, 0.6) is 5.75 Å². The molecule has 1 amide bonds. The first-order valence-electron chi connectivity index (χ1n) is 9.90. The first-order chi connectivity index (χ1) is 14.2. The summed E-state index contributed by atoms with van der Waals surface area (Å²) in [5.41, 5.74) is 4.33. The monoisotopic (exact) mass is 390 g/mol. The SMILES string of the molecule is COc1ccc(C2c3nc[nH]c3CCN2CC(=O)NC(C)c2ccccc2)cc1. The number of nitrogens with one attached hydrogen (secondary N) is 2. The second kappa shape index (κ2) is 8.49. The minimum Gasteiger partial charge on any atom is -0.497 e. The fourth-order valence-corrected chi connectivity index (χ4v) is 3.95. The molecular formula is C23H26N4O2. The molecule has 4 rings (SSSR count). The van der Waals surface area contributed by atoms with Crippen LogP contribution in [0.1, 0.15) is 41.5 Å². The third-order valence-electron chi connectivity index (χ3n) is 5.48. The summed E-state index contributed by atoms with van der Waals surface area (Å²) in [6, 6.07) is 17.9. The molecule has 0 saturated carbocycles. The third-order valence-corrected chi connectivity index (χ3v) is 5.48. The number of benzene rings is 2. The van der Waals surface area contributed by atoms with Crippen molar-refractivity contribution >= 4 is 5.91 Å². The van der Waals surface area contributed by atoms with Crippen LogP contribution in [0.4, 0.5) is 0 Å². The number of carbonyl (C=O) groups is 1. The van der Waals surface area contributed by atoms with Gasteiger partial charge in [0.15, 0.2) is 0 Å². The van der Waals surface area contributed by atoms with Crippen molar-refractivity contribution in [2.24, 2.45) is 0 Å². The quantitative estimate of drug-likeness (QED) is 0.678. The topological polar surface area (TPSA) is 70.2 Å². The van der Waals surface area contributed by atoms with Gasteiger partial charge in [-0.25, -0.2) is 4.98 Å². The van der Waals surface area contributed by atoms with E-state index >= 15 is 0 Å². The summed E-state index contributed by atoms with van der Waals surface area (Å²) < 4.78 is 5.29. The number of methoxy groups -OCH3 is 1. The number of ether oxygens (including phenoxy) is 1. The molecule has 2 N–H and O–H groups in total. The molecule has 0 bridgehead atoms. The normalized spacial score (nSPS) is 17.4. The summed E-state index contributed by atoms with van der Waals surface area (Å²) in [5, 5.41) is 3.12. The van der Waals surface area contributed by atoms with Gasteiger partial charge in [0.2, 0.25) is 5.91 Å². The van der Waals surface area contributed by atoms with Crippen LogP contribution in [0.25, 0.3) is 0 Å². The van der Waals surface area contributed by atoms with Crippen LogP contribution < -0.4 is 10.1 Å². The Balaban J connectivity index is 1.52. The third kappa shape index (κ3) is 4.17. The zero-order valence-electron chi connectivity index (χ0n) is 16.8. The number of imidazole rings is 1. The predicted molar refractivity (Wildman–Crippen MR) is 112 cm³/mol. The van der Waals surface area contributed by atoms with Gasteiger partial charge in [0.05, 0.1) is 37.8 Å². The maximum absolute atomic E-state index is 12.8. The molecule has 6 nitrogen and oxygen atoms in total. The van der Waals surface area contributed by atoms with Gasteiger partial charge in [0.25, 0.3) is 0 Å². The van der Waals surface area contributed by atoms with Crippen LogP contribution in [-0.4, -0.2) is 41.0 Å². The number of fused-ring (bicyclic) bond motifs is 1. The van der Waals surface area contributed by atoms with Crippen molar-refractivity contribution < 1.29 is 9.53 Å². The van der Waals surface area contributed by atoms with Gasteiger partial charge in [-0.05, 0) is 30.2 Å². The largest absolute Gasteiger partial charge is 0.497 e. The van der Waals surface area contributed by atoms with Crippen LogP contribution in [0.3, 0.4) is 0 Å². The van der Waals surface area contributed by atoms with E-state index in [1.54, 1.807) is 13.4 Å². The molecule has 0 spiro atoms. The first-order valence-corrected chi connectivity index (χ1v) is 9.90. The molecule has 1 aromatic heterocycles. The molecule has 0 radical (unpaired) electrons. The summed E-state index contributed by atoms with van der Waals surface area (Å²) >= 11 is 0. The van der Waals surface area contributed by atoms with E-state index in [0.717, 1.165) is 41.2 Å². The molecule has 2 unspecified atom stereocenters. The van der Waals surface area contributed by atoms with Crippen LogP contribution in [0.15, 0.2) is 60.9 Å². The smallest absolute Gasteiger partial charge is 0.234 e. The number of aromatic amines is 1. The zero-order chi connectivity index (χ0) is 20.2. The molecule has 29 heavy (non-hydrogen) atoms. The standard InChI is InChI=1S/C23H26N4O2/c1-16(17-6-4-3-5-7-17)26-21(28)14-27-13-12-20-22(25-15-24-20)23(27)18-8-10-19(29-2)11-9-18/h3-11,15-16,23H,12-14H2,1-2H3,(H,24,25)(H,26,28). The van der Waals surface area contributed by atoms with Gasteiger partial charge in [-0.2, -0.15) is 0 Å². The molecule has 0 fully saturated rings. The summed E-state index contributed by atoms with van der Waals surface area (Å²) in [5.74, 6) is 0.826. The average Bonchev–Trinajstić information content (AvgIpc) is 3.23. The lowest BCUT2D eigenvalue weighted by Gasteiger charge is -2.35. The molecule has 150 valence electrons. The summed E-state index contributed by atoms with van der Waals surface area (Å²) in [7, 11) is 1.66. The minimum absolute atomic E-state index is 0.0128. The van der Waals surface area contributed by atoms with Crippen molar-refractivity contribution in [2.75, 3.05) is 20.2 Å². The molecular weight excluding hydrogens is 364 g/mol. The van der Waals surface area contributed by atoms with Gasteiger partial charge < -0.3 is 15.0 Å². The second-order valence-corrected chi connectivity index (χ2v) is 7.36. The van der Waals surface area contributed by atoms with E-state index in [4.69, 9.17) is 4.74 Å². The Morgan fingerprint density at radius 2 is 2.00 bits per heavy atom. The Labute approximate surface area is 170 Å². The van der Waals surface area contributed by atoms with E-state index in [0.29, 0.717) is 6.54 Å². The number of carbonyl (C=O) groups excluding carboxylic acids is 1. The predicted octanol–water partition coefficient (Wildman–Crippen LogP) is 3.24. The second-order valence-electron chi connectivity index (χ2n) is 7.36. The van der Waals surface area contributed by atoms with Crippen molar-refractivity contribution in [1.82, 2.24) is 20.2 Å². The fraction of sp³-hybridized carbons (Fsp3) is 0.304. The molecule has 0 saturated heterocycles. The van der Waals surface area contributed by atoms with Gasteiger partial charge in [-0.15, -0.1) is 0 Å². The molecule has 1 aliphatic heterocycles. The van der Waals surface area contributed by atoms with E-state index in [1.807, 2.05) is 61.5 Å². The van der Waals surface area contributed by atoms with E-state index in [1.165, 1.54) is 0 Å². The molecule has 6 heteroatoms. The summed E-state index contributed by atoms with van der Waals surface area (Å²) in [6.45, 7) is 3.12. The van der Waals surface area contributed by atoms with E-state index in [-0.39, 0.29) is 18.0 Å². The molecule has 2 heterocycles. The lowest BCUT2D eigenvalue weighted by Crippen LogP contribution is -2.43. The first kappa shape index (κ1) is 19.2. The van der Waals surface area contributed by atoms with Crippen molar-refractivity contribution in [3.8, 4) is 5.75 Å². The van der Waals surface area contributed by atoms with E-state index in [2.05, 4.69) is 20.2 Å². The molecule has 2 atom stereocenters. The van der Waals surface area contributed by atoms with Gasteiger partial charge in [-0.3, -0.25) is 9.69 Å². The van der Waals surface area contributed by atoms with Gasteiger partial charge in [0.1, 0.15) is 5.75 Å². The Morgan fingerprint density at radius 1 is 1.24 bits per heavy atom. The number of amides is 1. The van der Waals surface area contributed by atoms with E-state index in [9.17, 15) is 4.79 Å². The van der Waals surface area contributed by atoms with E-state index < -0.39 is 0 Å². The van der Waals surface area contributed by atoms with Crippen molar-refractivity contribution in [2.45, 2.75) is 25.4 Å². The van der Waals surface area contributed by atoms with Crippen molar-refractivity contribution in [1.29, 1.82) is 0 Å². The zero-order valence-corrected chi connectivity index (χ0v) is 16.8. The highest BCUT2D eigenvalue weighted by molar-refractivity contribution is 5.78. The fourth-order valence-electron chi connectivity index (χ4n) is 3.95. The van der Waals surface area contributed by atoms with Crippen LogP contribution >= 0.6 is 0 Å². The Kier molecular flexibility index (Phi) is 5.62. The Hall–Kier alpha value is -3.12. The average molecular weight is 390 g/mol.